The molecule has 2 aromatic rings. The second-order valence-corrected chi connectivity index (χ2v) is 6.23. The summed E-state index contributed by atoms with van der Waals surface area (Å²) in [5.74, 6) is 2.13. The molecule has 1 fully saturated rings. The topological polar surface area (TPSA) is 106 Å². The average molecular weight is 344 g/mol. The van der Waals surface area contributed by atoms with Crippen molar-refractivity contribution in [2.45, 2.75) is 13.3 Å². The van der Waals surface area contributed by atoms with Gasteiger partial charge in [-0.3, -0.25) is 4.99 Å². The van der Waals surface area contributed by atoms with Crippen LogP contribution in [-0.2, 0) is 11.8 Å². The predicted octanol–water partition coefficient (Wildman–Crippen LogP) is 1.10. The van der Waals surface area contributed by atoms with Gasteiger partial charge in [-0.1, -0.05) is 6.92 Å². The number of imidazole rings is 1. The Balaban J connectivity index is 2.07. The molecule has 2 aromatic heterocycles. The summed E-state index contributed by atoms with van der Waals surface area (Å²) in [4.78, 5) is 20.0. The van der Waals surface area contributed by atoms with Gasteiger partial charge in [0.1, 0.15) is 5.70 Å². The van der Waals surface area contributed by atoms with Gasteiger partial charge in [0.05, 0.1) is 13.4 Å². The lowest BCUT2D eigenvalue weighted by molar-refractivity contribution is 0.285. The van der Waals surface area contributed by atoms with Gasteiger partial charge in [0, 0.05) is 33.4 Å². The zero-order valence-electron chi connectivity index (χ0n) is 15.0. The number of nitrogens with one attached hydrogen (secondary N) is 1. The Hall–Kier alpha value is -2.84. The molecule has 1 saturated heterocycles. The highest BCUT2D eigenvalue weighted by Gasteiger charge is 2.23. The Bertz CT molecular complexity index is 825. The van der Waals surface area contributed by atoms with Crippen LogP contribution in [0.4, 0.5) is 11.8 Å². The smallest absolute Gasteiger partial charge is 0.229 e. The molecule has 0 unspecified atom stereocenters. The van der Waals surface area contributed by atoms with Gasteiger partial charge in [-0.05, 0) is 12.3 Å². The van der Waals surface area contributed by atoms with Crippen molar-refractivity contribution in [3.63, 3.8) is 0 Å². The number of methoxy groups -OCH3 is 1. The molecule has 25 heavy (non-hydrogen) atoms. The summed E-state index contributed by atoms with van der Waals surface area (Å²) >= 11 is 0. The number of nitrogens with two attached hydrogens (primary N) is 1. The number of allylic oxidation sites excluding steroid dienone is 1. The van der Waals surface area contributed by atoms with Crippen molar-refractivity contribution in [2.24, 2.45) is 23.7 Å². The third-order valence-electron chi connectivity index (χ3n) is 4.25. The Morgan fingerprint density at radius 1 is 1.48 bits per heavy atom. The van der Waals surface area contributed by atoms with Gasteiger partial charge in [0.2, 0.25) is 11.8 Å². The molecule has 3 rings (SSSR count). The molecule has 1 atom stereocenters. The summed E-state index contributed by atoms with van der Waals surface area (Å²) in [5, 5.41) is 3.19. The first-order valence-electron chi connectivity index (χ1n) is 8.20. The van der Waals surface area contributed by atoms with E-state index in [0.717, 1.165) is 25.2 Å². The molecule has 1 aliphatic rings. The Morgan fingerprint density at radius 3 is 2.92 bits per heavy atom. The van der Waals surface area contributed by atoms with Crippen LogP contribution in [0.25, 0.3) is 11.2 Å². The van der Waals surface area contributed by atoms with E-state index in [0.29, 0.717) is 28.9 Å². The molecule has 0 aliphatic carbocycles. The number of rotatable bonds is 5. The van der Waals surface area contributed by atoms with Crippen molar-refractivity contribution < 1.29 is 4.74 Å². The number of aromatic nitrogens is 4. The number of nitrogens with zero attached hydrogens (tertiary/aromatic N) is 6. The normalized spacial score (nSPS) is 18.9. The maximum Gasteiger partial charge on any atom is 0.229 e. The molecular formula is C16H24N8O. The first kappa shape index (κ1) is 17.0. The van der Waals surface area contributed by atoms with Crippen molar-refractivity contribution in [1.82, 2.24) is 19.5 Å². The maximum atomic E-state index is 5.90. The lowest BCUT2D eigenvalue weighted by Gasteiger charge is -2.17. The van der Waals surface area contributed by atoms with Crippen LogP contribution < -0.4 is 16.0 Å². The van der Waals surface area contributed by atoms with Gasteiger partial charge < -0.3 is 25.3 Å². The summed E-state index contributed by atoms with van der Waals surface area (Å²) in [5.41, 5.74) is 7.86. The third kappa shape index (κ3) is 3.35. The Labute approximate surface area is 146 Å². The van der Waals surface area contributed by atoms with E-state index in [4.69, 9.17) is 20.4 Å². The minimum Gasteiger partial charge on any atom is -0.481 e. The van der Waals surface area contributed by atoms with Crippen molar-refractivity contribution in [1.29, 1.82) is 0 Å². The maximum absolute atomic E-state index is 5.90. The van der Waals surface area contributed by atoms with E-state index in [-0.39, 0.29) is 5.88 Å². The molecule has 3 heterocycles. The molecule has 0 radical (unpaired) electrons. The highest BCUT2D eigenvalue weighted by molar-refractivity contribution is 5.90. The van der Waals surface area contributed by atoms with Crippen molar-refractivity contribution in [2.75, 3.05) is 37.5 Å². The van der Waals surface area contributed by atoms with E-state index in [2.05, 4.69) is 27.1 Å². The summed E-state index contributed by atoms with van der Waals surface area (Å²) in [6.45, 7) is 4.13. The quantitative estimate of drug-likeness (QED) is 0.618. The number of fused-ring (bicyclic) bond motifs is 1. The first-order valence-corrected chi connectivity index (χ1v) is 8.20. The van der Waals surface area contributed by atoms with E-state index in [9.17, 15) is 0 Å². The van der Waals surface area contributed by atoms with Gasteiger partial charge >= 0.3 is 0 Å². The van der Waals surface area contributed by atoms with Gasteiger partial charge in [0.15, 0.2) is 17.0 Å². The van der Waals surface area contributed by atoms with Gasteiger partial charge in [0.25, 0.3) is 0 Å². The fourth-order valence-electron chi connectivity index (χ4n) is 2.86. The van der Waals surface area contributed by atoms with Gasteiger partial charge in [-0.2, -0.15) is 9.97 Å². The third-order valence-corrected chi connectivity index (χ3v) is 4.25. The summed E-state index contributed by atoms with van der Waals surface area (Å²) in [7, 11) is 5.09. The van der Waals surface area contributed by atoms with Crippen molar-refractivity contribution in [3.8, 4) is 0 Å². The molecule has 0 saturated carbocycles. The minimum absolute atomic E-state index is 0.227. The Morgan fingerprint density at radius 2 is 2.28 bits per heavy atom. The predicted molar refractivity (Wildman–Crippen MR) is 98.6 cm³/mol. The summed E-state index contributed by atoms with van der Waals surface area (Å²) in [6, 6.07) is 0. The number of anilines is 2. The van der Waals surface area contributed by atoms with Crippen LogP contribution in [0.2, 0.25) is 0 Å². The second-order valence-electron chi connectivity index (χ2n) is 6.23. The monoisotopic (exact) mass is 344 g/mol. The second kappa shape index (κ2) is 6.96. The number of hydrogen-bond donors (Lipinski definition) is 2. The summed E-state index contributed by atoms with van der Waals surface area (Å²) < 4.78 is 7.00. The van der Waals surface area contributed by atoms with E-state index in [1.54, 1.807) is 19.6 Å². The van der Waals surface area contributed by atoms with Crippen LogP contribution in [-0.4, -0.2) is 53.0 Å². The number of aliphatic imine (C=N–C) groups is 1. The van der Waals surface area contributed by atoms with E-state index >= 15 is 0 Å². The lowest BCUT2D eigenvalue weighted by atomic mass is 10.2. The van der Waals surface area contributed by atoms with Crippen LogP contribution in [0.15, 0.2) is 22.9 Å². The largest absolute Gasteiger partial charge is 0.481 e. The molecule has 0 aromatic carbocycles. The Kier molecular flexibility index (Phi) is 4.73. The molecule has 0 spiro atoms. The first-order chi connectivity index (χ1) is 12.0. The molecule has 0 bridgehead atoms. The van der Waals surface area contributed by atoms with Crippen LogP contribution in [0.5, 0.6) is 0 Å². The standard InChI is InChI=1S/C16H24N8O/c1-10-5-6-24(8-10)16-21-14(12-15(22-16)23(3)9-19-12)20-11(7-18-2)13(17)25-4/h7,9-10H,5-6,8,17H2,1-4H3,(H,20,21,22)/b13-11-,18-7?/t10-/m0/s1. The van der Waals surface area contributed by atoms with Crippen LogP contribution in [0.3, 0.4) is 0 Å². The van der Waals surface area contributed by atoms with Crippen LogP contribution in [0, 0.1) is 5.92 Å². The molecule has 9 heteroatoms. The molecule has 134 valence electrons. The lowest BCUT2D eigenvalue weighted by Crippen LogP contribution is -2.23. The van der Waals surface area contributed by atoms with E-state index in [1.165, 1.54) is 7.11 Å². The zero-order valence-corrected chi connectivity index (χ0v) is 15.0. The van der Waals surface area contributed by atoms with E-state index in [1.807, 2.05) is 11.6 Å². The van der Waals surface area contributed by atoms with Crippen molar-refractivity contribution >= 4 is 29.1 Å². The highest BCUT2D eigenvalue weighted by atomic mass is 16.5. The van der Waals surface area contributed by atoms with Crippen LogP contribution in [0.1, 0.15) is 13.3 Å². The fraction of sp³-hybridized carbons (Fsp3) is 0.500. The molecule has 0 amide bonds. The fourth-order valence-corrected chi connectivity index (χ4v) is 2.86. The molecular weight excluding hydrogens is 320 g/mol. The zero-order chi connectivity index (χ0) is 18.0. The minimum atomic E-state index is 0.227. The SMILES string of the molecule is CN=C/C(Nc1nc(N2CC[C@H](C)C2)nc2c1ncn2C)=C(\N)OC. The molecule has 1 aliphatic heterocycles. The van der Waals surface area contributed by atoms with Gasteiger partial charge in [-0.25, -0.2) is 4.98 Å². The van der Waals surface area contributed by atoms with Gasteiger partial charge in [-0.15, -0.1) is 0 Å². The number of hydrogen-bond acceptors (Lipinski definition) is 8. The highest BCUT2D eigenvalue weighted by Crippen LogP contribution is 2.26. The molecule has 3 N–H and O–H groups in total. The number of aryl methyl sites for hydroxylation is 1. The van der Waals surface area contributed by atoms with Crippen LogP contribution >= 0.6 is 0 Å². The molecule has 9 nitrogen and oxygen atoms in total. The number of ether oxygens (including phenoxy) is 1. The van der Waals surface area contributed by atoms with E-state index < -0.39 is 0 Å². The average Bonchev–Trinajstić information content (AvgIpc) is 3.20. The van der Waals surface area contributed by atoms with Crippen molar-refractivity contribution in [3.05, 3.63) is 17.9 Å². The summed E-state index contributed by atoms with van der Waals surface area (Å²) in [6.07, 6.45) is 4.45.